The first-order valence-electron chi connectivity index (χ1n) is 7.28. The predicted molar refractivity (Wildman–Crippen MR) is 87.8 cm³/mol. The minimum Gasteiger partial charge on any atom is -0.497 e. The Hall–Kier alpha value is -1.68. The lowest BCUT2D eigenvalue weighted by Crippen LogP contribution is -2.53. The van der Waals surface area contributed by atoms with E-state index in [9.17, 15) is 18.3 Å². The van der Waals surface area contributed by atoms with Gasteiger partial charge in [0.2, 0.25) is 10.0 Å². The fourth-order valence-electron chi connectivity index (χ4n) is 1.63. The van der Waals surface area contributed by atoms with Crippen molar-refractivity contribution >= 4 is 15.9 Å². The quantitative estimate of drug-likeness (QED) is 0.613. The zero-order valence-electron chi connectivity index (χ0n) is 14.4. The molecular formula is C15H24N2O6S. The zero-order chi connectivity index (χ0) is 18.5. The molecule has 3 N–H and O–H groups in total. The van der Waals surface area contributed by atoms with Gasteiger partial charge in [0.05, 0.1) is 23.7 Å². The standard InChI is InChI=1S/C15H24N2O6S/c1-10(18)13(14(19)16-23-15(2,3)4)17-24(20,21)12-8-6-11(22-5)7-9-12/h6-10,13,17-18H,1-5H3,(H,16,19)/t10-,13-/m1/s1. The smallest absolute Gasteiger partial charge is 0.264 e. The van der Waals surface area contributed by atoms with E-state index in [2.05, 4.69) is 10.2 Å². The number of hydrogen-bond acceptors (Lipinski definition) is 6. The molecule has 0 bridgehead atoms. The zero-order valence-corrected chi connectivity index (χ0v) is 15.2. The molecule has 1 aromatic rings. The predicted octanol–water partition coefficient (Wildman–Crippen LogP) is 0.569. The summed E-state index contributed by atoms with van der Waals surface area (Å²) in [4.78, 5) is 17.2. The molecule has 136 valence electrons. The Morgan fingerprint density at radius 2 is 1.75 bits per heavy atom. The van der Waals surface area contributed by atoms with Crippen molar-refractivity contribution in [1.82, 2.24) is 10.2 Å². The van der Waals surface area contributed by atoms with Gasteiger partial charge in [0.1, 0.15) is 11.8 Å². The largest absolute Gasteiger partial charge is 0.497 e. The maximum atomic E-state index is 12.4. The number of sulfonamides is 1. The van der Waals surface area contributed by atoms with Gasteiger partial charge in [-0.15, -0.1) is 0 Å². The summed E-state index contributed by atoms with van der Waals surface area (Å²) in [6.45, 7) is 6.45. The molecule has 8 nitrogen and oxygen atoms in total. The van der Waals surface area contributed by atoms with Gasteiger partial charge in [0, 0.05) is 0 Å². The number of nitrogens with one attached hydrogen (secondary N) is 2. The van der Waals surface area contributed by atoms with Gasteiger partial charge in [-0.1, -0.05) is 0 Å². The first kappa shape index (κ1) is 20.4. The van der Waals surface area contributed by atoms with Crippen molar-refractivity contribution in [2.75, 3.05) is 7.11 Å². The van der Waals surface area contributed by atoms with E-state index in [1.807, 2.05) is 0 Å². The SMILES string of the molecule is COc1ccc(S(=O)(=O)N[C@@H](C(=O)NOC(C)(C)C)[C@@H](C)O)cc1. The van der Waals surface area contributed by atoms with Crippen LogP contribution in [0.5, 0.6) is 5.75 Å². The maximum absolute atomic E-state index is 12.4. The van der Waals surface area contributed by atoms with Crippen molar-refractivity contribution in [1.29, 1.82) is 0 Å². The summed E-state index contributed by atoms with van der Waals surface area (Å²) in [6.07, 6.45) is -1.26. The molecule has 0 spiro atoms. The van der Waals surface area contributed by atoms with Gasteiger partial charge in [-0.2, -0.15) is 4.72 Å². The fraction of sp³-hybridized carbons (Fsp3) is 0.533. The second-order valence-electron chi connectivity index (χ2n) is 6.20. The summed E-state index contributed by atoms with van der Waals surface area (Å²) in [6, 6.07) is 4.23. The van der Waals surface area contributed by atoms with Gasteiger partial charge in [-0.3, -0.25) is 9.63 Å². The molecule has 0 aliphatic rings. The van der Waals surface area contributed by atoms with E-state index in [0.29, 0.717) is 5.75 Å². The number of methoxy groups -OCH3 is 1. The van der Waals surface area contributed by atoms with Crippen LogP contribution < -0.4 is 14.9 Å². The highest BCUT2D eigenvalue weighted by Crippen LogP contribution is 2.16. The van der Waals surface area contributed by atoms with Crippen LogP contribution >= 0.6 is 0 Å². The summed E-state index contributed by atoms with van der Waals surface area (Å²) in [5.41, 5.74) is 1.49. The number of aliphatic hydroxyl groups excluding tert-OH is 1. The van der Waals surface area contributed by atoms with Crippen molar-refractivity contribution in [2.45, 2.75) is 50.3 Å². The number of hydrogen-bond donors (Lipinski definition) is 3. The molecule has 0 fully saturated rings. The summed E-state index contributed by atoms with van der Waals surface area (Å²) in [7, 11) is -2.55. The van der Waals surface area contributed by atoms with Crippen LogP contribution in [0.3, 0.4) is 0 Å². The molecule has 1 amide bonds. The number of aliphatic hydroxyl groups is 1. The summed E-state index contributed by atoms with van der Waals surface area (Å²) in [5.74, 6) is -0.297. The molecule has 1 rings (SSSR count). The normalized spacial score (nSPS) is 14.8. The molecule has 0 saturated carbocycles. The lowest BCUT2D eigenvalue weighted by Gasteiger charge is -2.24. The number of ether oxygens (including phenoxy) is 1. The molecule has 0 radical (unpaired) electrons. The van der Waals surface area contributed by atoms with E-state index in [4.69, 9.17) is 9.57 Å². The van der Waals surface area contributed by atoms with Gasteiger partial charge in [0.25, 0.3) is 5.91 Å². The third-order valence-corrected chi connectivity index (χ3v) is 4.33. The summed E-state index contributed by atoms with van der Waals surface area (Å²) in [5, 5.41) is 9.74. The number of hydroxylamine groups is 1. The topological polar surface area (TPSA) is 114 Å². The average Bonchev–Trinajstić information content (AvgIpc) is 2.49. The van der Waals surface area contributed by atoms with Gasteiger partial charge in [-0.25, -0.2) is 13.9 Å². The minimum absolute atomic E-state index is 0.0570. The van der Waals surface area contributed by atoms with Crippen molar-refractivity contribution in [3.8, 4) is 5.75 Å². The van der Waals surface area contributed by atoms with Gasteiger partial charge >= 0.3 is 0 Å². The second kappa shape index (κ2) is 7.93. The number of benzene rings is 1. The molecule has 0 aliphatic heterocycles. The van der Waals surface area contributed by atoms with E-state index in [-0.39, 0.29) is 4.90 Å². The van der Waals surface area contributed by atoms with Crippen molar-refractivity contribution in [3.05, 3.63) is 24.3 Å². The third kappa shape index (κ3) is 6.08. The Morgan fingerprint density at radius 3 is 2.17 bits per heavy atom. The molecule has 2 atom stereocenters. The lowest BCUT2D eigenvalue weighted by molar-refractivity contribution is -0.149. The van der Waals surface area contributed by atoms with Crippen molar-refractivity contribution < 1.29 is 27.9 Å². The molecule has 0 aromatic heterocycles. The van der Waals surface area contributed by atoms with E-state index >= 15 is 0 Å². The number of carbonyl (C=O) groups excluding carboxylic acids is 1. The van der Waals surface area contributed by atoms with Crippen LogP contribution in [0.1, 0.15) is 27.7 Å². The summed E-state index contributed by atoms with van der Waals surface area (Å²) >= 11 is 0. The highest BCUT2D eigenvalue weighted by Gasteiger charge is 2.30. The monoisotopic (exact) mass is 360 g/mol. The fourth-order valence-corrected chi connectivity index (χ4v) is 2.90. The number of carbonyl (C=O) groups is 1. The Balaban J connectivity index is 2.91. The average molecular weight is 360 g/mol. The molecule has 1 aromatic carbocycles. The Labute approximate surface area is 142 Å². The highest BCUT2D eigenvalue weighted by molar-refractivity contribution is 7.89. The molecule has 0 heterocycles. The number of amides is 1. The van der Waals surface area contributed by atoms with Crippen LogP contribution in [0.2, 0.25) is 0 Å². The van der Waals surface area contributed by atoms with Crippen LogP contribution in [0.15, 0.2) is 29.2 Å². The van der Waals surface area contributed by atoms with Gasteiger partial charge < -0.3 is 9.84 Å². The van der Waals surface area contributed by atoms with Crippen LogP contribution in [0, 0.1) is 0 Å². The molecule has 0 aliphatic carbocycles. The van der Waals surface area contributed by atoms with Crippen molar-refractivity contribution in [2.24, 2.45) is 0 Å². The number of rotatable bonds is 7. The maximum Gasteiger partial charge on any atom is 0.264 e. The lowest BCUT2D eigenvalue weighted by atomic mass is 10.2. The van der Waals surface area contributed by atoms with Crippen LogP contribution in [-0.4, -0.2) is 44.3 Å². The van der Waals surface area contributed by atoms with Crippen LogP contribution in [0.25, 0.3) is 0 Å². The highest BCUT2D eigenvalue weighted by atomic mass is 32.2. The first-order chi connectivity index (χ1) is 11.0. The van der Waals surface area contributed by atoms with Crippen LogP contribution in [-0.2, 0) is 19.7 Å². The Kier molecular flexibility index (Phi) is 6.73. The molecular weight excluding hydrogens is 336 g/mol. The Morgan fingerprint density at radius 1 is 1.21 bits per heavy atom. The van der Waals surface area contributed by atoms with Gasteiger partial charge in [0.15, 0.2) is 0 Å². The molecule has 24 heavy (non-hydrogen) atoms. The molecule has 9 heteroatoms. The van der Waals surface area contributed by atoms with E-state index in [1.165, 1.54) is 38.3 Å². The minimum atomic E-state index is -4.01. The first-order valence-corrected chi connectivity index (χ1v) is 8.77. The summed E-state index contributed by atoms with van der Waals surface area (Å²) < 4.78 is 31.9. The Bertz CT molecular complexity index is 650. The molecule has 0 unspecified atom stereocenters. The van der Waals surface area contributed by atoms with E-state index in [0.717, 1.165) is 0 Å². The van der Waals surface area contributed by atoms with E-state index < -0.39 is 33.7 Å². The van der Waals surface area contributed by atoms with Crippen LogP contribution in [0.4, 0.5) is 0 Å². The third-order valence-electron chi connectivity index (χ3n) is 2.87. The second-order valence-corrected chi connectivity index (χ2v) is 7.91. The van der Waals surface area contributed by atoms with E-state index in [1.54, 1.807) is 20.8 Å². The molecule has 0 saturated heterocycles. The van der Waals surface area contributed by atoms with Gasteiger partial charge in [-0.05, 0) is 52.0 Å². The van der Waals surface area contributed by atoms with Crippen molar-refractivity contribution in [3.63, 3.8) is 0 Å².